The van der Waals surface area contributed by atoms with E-state index in [1.165, 1.54) is 0 Å². The monoisotopic (exact) mass is 701 g/mol. The zero-order valence-corrected chi connectivity index (χ0v) is 28.9. The smallest absolute Gasteiger partial charge is 0.313 e. The van der Waals surface area contributed by atoms with Crippen molar-refractivity contribution in [2.24, 2.45) is 11.8 Å². The number of amides is 3. The topological polar surface area (TPSA) is 117 Å². The number of aliphatic hydroxyl groups excluding tert-OH is 1. The van der Waals surface area contributed by atoms with Gasteiger partial charge in [-0.25, -0.2) is 0 Å². The molecule has 0 saturated carbocycles. The zero-order chi connectivity index (χ0) is 33.8. The Kier molecular flexibility index (Phi) is 11.9. The number of hydrogen-bond donors (Lipinski definition) is 1. The molecule has 1 aromatic rings. The van der Waals surface area contributed by atoms with Crippen LogP contribution in [0.3, 0.4) is 0 Å². The highest BCUT2D eigenvalue weighted by atomic mass is 79.9. The van der Waals surface area contributed by atoms with Gasteiger partial charge >= 0.3 is 5.97 Å². The van der Waals surface area contributed by atoms with Gasteiger partial charge in [0.05, 0.1) is 24.0 Å². The first-order chi connectivity index (χ1) is 21.9. The Hall–Kier alpha value is -3.02. The Balaban J connectivity index is 1.70. The highest BCUT2D eigenvalue weighted by Crippen LogP contribution is 2.60. The summed E-state index contributed by atoms with van der Waals surface area (Å²) < 4.78 is 12.9. The molecule has 0 radical (unpaired) electrons. The summed E-state index contributed by atoms with van der Waals surface area (Å²) in [5, 5.41) is 9.45. The van der Waals surface area contributed by atoms with Crippen LogP contribution in [0.1, 0.15) is 64.5 Å². The number of hydrogen-bond acceptors (Lipinski definition) is 7. The van der Waals surface area contributed by atoms with E-state index in [0.29, 0.717) is 37.8 Å². The lowest BCUT2D eigenvalue weighted by molar-refractivity contribution is -0.164. The highest BCUT2D eigenvalue weighted by molar-refractivity contribution is 9.09. The van der Waals surface area contributed by atoms with Crippen LogP contribution in [0.5, 0.6) is 0 Å². The molecule has 1 spiro atoms. The van der Waals surface area contributed by atoms with Crippen LogP contribution < -0.4 is 0 Å². The van der Waals surface area contributed by atoms with Crippen LogP contribution in [-0.4, -0.2) is 105 Å². The van der Waals surface area contributed by atoms with E-state index >= 15 is 0 Å². The largest absolute Gasteiger partial charge is 0.455 e. The number of unbranched alkanes of at least 4 members (excludes halogenated alkanes) is 1. The van der Waals surface area contributed by atoms with Crippen molar-refractivity contribution in [2.45, 2.75) is 93.6 Å². The third kappa shape index (κ3) is 6.69. The summed E-state index contributed by atoms with van der Waals surface area (Å²) >= 11 is 3.72. The van der Waals surface area contributed by atoms with Gasteiger partial charge in [0.2, 0.25) is 17.7 Å². The van der Waals surface area contributed by atoms with Crippen molar-refractivity contribution < 1.29 is 33.8 Å². The van der Waals surface area contributed by atoms with Crippen LogP contribution in [0.2, 0.25) is 0 Å². The fraction of sp³-hybridized carbons (Fsp3) is 0.600. The summed E-state index contributed by atoms with van der Waals surface area (Å²) in [4.78, 5) is 60.5. The maximum Gasteiger partial charge on any atom is 0.313 e. The quantitative estimate of drug-likeness (QED) is 0.120. The SMILES string of the molecule is C=CCCC(=O)N(C)[C@H](C)[C@H](OC(=O)[C@@H]1[C@H]2O[C@@]3(CC2Br)[C@H](C(=O)N(CC=C)C(C)C)N(CCCCO)C(=O)[C@@H]13)c1ccccc1. The number of carbonyl (C=O) groups is 4. The molecule has 46 heavy (non-hydrogen) atoms. The van der Waals surface area contributed by atoms with Crippen molar-refractivity contribution >= 4 is 39.6 Å². The molecule has 0 aromatic heterocycles. The molecule has 3 aliphatic rings. The number of nitrogens with zero attached hydrogens (tertiary/aromatic N) is 3. The molecule has 1 unspecified atom stereocenters. The van der Waals surface area contributed by atoms with Crippen molar-refractivity contribution in [1.82, 2.24) is 14.7 Å². The Bertz CT molecular complexity index is 1290. The molecule has 3 fully saturated rings. The number of fused-ring (bicyclic) bond motifs is 1. The Morgan fingerprint density at radius 2 is 1.87 bits per heavy atom. The Labute approximate surface area is 280 Å². The van der Waals surface area contributed by atoms with E-state index in [9.17, 15) is 24.3 Å². The van der Waals surface area contributed by atoms with Crippen LogP contribution in [0.4, 0.5) is 0 Å². The van der Waals surface area contributed by atoms with Crippen molar-refractivity contribution in [3.05, 3.63) is 61.2 Å². The van der Waals surface area contributed by atoms with Crippen LogP contribution >= 0.6 is 15.9 Å². The number of allylic oxidation sites excluding steroid dienone is 1. The van der Waals surface area contributed by atoms with Gasteiger partial charge in [0.25, 0.3) is 0 Å². The lowest BCUT2D eigenvalue weighted by Gasteiger charge is -2.38. The number of likely N-dealkylation sites (tertiary alicyclic amines) is 1. The lowest BCUT2D eigenvalue weighted by Crippen LogP contribution is -2.58. The minimum absolute atomic E-state index is 0.0373. The summed E-state index contributed by atoms with van der Waals surface area (Å²) in [5.41, 5.74) is -0.510. The molecule has 252 valence electrons. The molecule has 1 N–H and O–H groups in total. The molecule has 11 heteroatoms. The summed E-state index contributed by atoms with van der Waals surface area (Å²) in [6.45, 7) is 13.7. The predicted molar refractivity (Wildman–Crippen MR) is 178 cm³/mol. The third-order valence-electron chi connectivity index (χ3n) is 9.71. The molecule has 3 heterocycles. The van der Waals surface area contributed by atoms with Gasteiger partial charge in [0.1, 0.15) is 17.7 Å². The first-order valence-electron chi connectivity index (χ1n) is 16.2. The number of likely N-dealkylation sites (N-methyl/N-ethyl adjacent to an activating group) is 1. The van der Waals surface area contributed by atoms with Crippen LogP contribution in [0.15, 0.2) is 55.6 Å². The Morgan fingerprint density at radius 3 is 2.48 bits per heavy atom. The van der Waals surface area contributed by atoms with E-state index < -0.39 is 47.7 Å². The fourth-order valence-corrected chi connectivity index (χ4v) is 8.23. The normalized spacial score (nSPS) is 27.7. The average Bonchev–Trinajstić information content (AvgIpc) is 3.63. The molecule has 3 aliphatic heterocycles. The maximum absolute atomic E-state index is 14.4. The summed E-state index contributed by atoms with van der Waals surface area (Å²) in [5.74, 6) is -3.15. The lowest BCUT2D eigenvalue weighted by atomic mass is 9.70. The van der Waals surface area contributed by atoms with Gasteiger partial charge in [-0.3, -0.25) is 19.2 Å². The van der Waals surface area contributed by atoms with E-state index in [1.807, 2.05) is 51.1 Å². The van der Waals surface area contributed by atoms with Crippen molar-refractivity contribution in [2.75, 3.05) is 26.7 Å². The second-order valence-electron chi connectivity index (χ2n) is 12.8. The Morgan fingerprint density at radius 1 is 1.17 bits per heavy atom. The minimum Gasteiger partial charge on any atom is -0.455 e. The van der Waals surface area contributed by atoms with E-state index in [2.05, 4.69) is 29.1 Å². The van der Waals surface area contributed by atoms with Crippen molar-refractivity contribution in [1.29, 1.82) is 0 Å². The molecule has 0 aliphatic carbocycles. The molecular formula is C35H48BrN3O7. The average molecular weight is 703 g/mol. The van der Waals surface area contributed by atoms with E-state index in [4.69, 9.17) is 9.47 Å². The predicted octanol–water partition coefficient (Wildman–Crippen LogP) is 4.03. The summed E-state index contributed by atoms with van der Waals surface area (Å²) in [6.07, 6.45) is 4.01. The first-order valence-corrected chi connectivity index (χ1v) is 17.1. The number of aliphatic hydroxyl groups is 1. The van der Waals surface area contributed by atoms with Gasteiger partial charge in [-0.2, -0.15) is 0 Å². The zero-order valence-electron chi connectivity index (χ0n) is 27.3. The van der Waals surface area contributed by atoms with Gasteiger partial charge in [-0.05, 0) is 52.0 Å². The van der Waals surface area contributed by atoms with Crippen LogP contribution in [0.25, 0.3) is 0 Å². The van der Waals surface area contributed by atoms with Crippen molar-refractivity contribution in [3.8, 4) is 0 Å². The molecule has 2 bridgehead atoms. The molecule has 1 aromatic carbocycles. The van der Waals surface area contributed by atoms with E-state index in [1.54, 1.807) is 33.9 Å². The van der Waals surface area contributed by atoms with E-state index in [0.717, 1.165) is 0 Å². The third-order valence-corrected chi connectivity index (χ3v) is 10.6. The number of halogens is 1. The summed E-state index contributed by atoms with van der Waals surface area (Å²) in [7, 11) is 1.69. The second-order valence-corrected chi connectivity index (χ2v) is 14.0. The number of carbonyl (C=O) groups excluding carboxylic acids is 4. The van der Waals surface area contributed by atoms with E-state index in [-0.39, 0.29) is 48.2 Å². The standard InChI is InChI=1S/C35H48BrN3O7/c1-7-9-17-26(41)37(6)23(5)29(24-15-11-10-12-16-24)45-34(44)27-28-32(42)39(19-13-14-20-40)31(33(43)38(18-8-2)22(3)4)35(28)21-25(36)30(27)46-35/h7-8,10-12,15-16,22-23,25,27-31,40H,1-2,9,13-14,17-21H2,3-6H3/t23-,25?,27+,28-,29+,30+,31+,35-/m1/s1. The number of ether oxygens (including phenoxy) is 2. The van der Waals surface area contributed by atoms with Crippen LogP contribution in [0, 0.1) is 11.8 Å². The molecule has 3 amide bonds. The van der Waals surface area contributed by atoms with Crippen LogP contribution in [-0.2, 0) is 28.7 Å². The summed E-state index contributed by atoms with van der Waals surface area (Å²) in [6, 6.07) is 7.64. The second kappa shape index (κ2) is 15.3. The number of rotatable bonds is 16. The van der Waals surface area contributed by atoms with Gasteiger partial charge in [0.15, 0.2) is 0 Å². The van der Waals surface area contributed by atoms with Gasteiger partial charge < -0.3 is 29.3 Å². The molecule has 4 rings (SSSR count). The van der Waals surface area contributed by atoms with Gasteiger partial charge in [0, 0.05) is 44.0 Å². The molecular weight excluding hydrogens is 654 g/mol. The minimum atomic E-state index is -1.23. The molecule has 3 saturated heterocycles. The van der Waals surface area contributed by atoms with Gasteiger partial charge in [-0.15, -0.1) is 13.2 Å². The first kappa shape index (κ1) is 35.8. The molecule has 8 atom stereocenters. The fourth-order valence-electron chi connectivity index (χ4n) is 7.29. The van der Waals surface area contributed by atoms with Crippen molar-refractivity contribution in [3.63, 3.8) is 0 Å². The maximum atomic E-state index is 14.4. The number of alkyl halides is 1. The van der Waals surface area contributed by atoms with Gasteiger partial charge in [-0.1, -0.05) is 58.4 Å². The highest BCUT2D eigenvalue weighted by Gasteiger charge is 2.77. The number of esters is 1. The number of benzene rings is 1. The molecule has 10 nitrogen and oxygen atoms in total.